The fraction of sp³-hybridized carbons (Fsp3) is 0.316. The Hall–Kier alpha value is -2.89. The first-order chi connectivity index (χ1) is 12.1. The van der Waals surface area contributed by atoms with Crippen molar-refractivity contribution in [2.24, 2.45) is 0 Å². The summed E-state index contributed by atoms with van der Waals surface area (Å²) in [5, 5.41) is 0. The molecule has 0 N–H and O–H groups in total. The molecular formula is C19H20O6. The molecule has 0 bridgehead atoms. The number of hydrogen-bond acceptors (Lipinski definition) is 6. The first-order valence-corrected chi connectivity index (χ1v) is 7.89. The van der Waals surface area contributed by atoms with Crippen molar-refractivity contribution < 1.29 is 28.5 Å². The van der Waals surface area contributed by atoms with Crippen LogP contribution in [0.1, 0.15) is 11.1 Å². The molecule has 0 saturated heterocycles. The maximum absolute atomic E-state index is 12.3. The second-order valence-electron chi connectivity index (χ2n) is 5.61. The molecule has 0 aliphatic carbocycles. The van der Waals surface area contributed by atoms with Gasteiger partial charge in [-0.15, -0.1) is 0 Å². The van der Waals surface area contributed by atoms with E-state index in [1.807, 2.05) is 25.1 Å². The van der Waals surface area contributed by atoms with Crippen molar-refractivity contribution in [1.82, 2.24) is 0 Å². The van der Waals surface area contributed by atoms with Gasteiger partial charge >= 0.3 is 5.97 Å². The van der Waals surface area contributed by atoms with Crippen molar-refractivity contribution in [3.05, 3.63) is 47.5 Å². The van der Waals surface area contributed by atoms with Gasteiger partial charge in [0.25, 0.3) is 0 Å². The fourth-order valence-electron chi connectivity index (χ4n) is 2.56. The lowest BCUT2D eigenvalue weighted by atomic mass is 10.1. The molecule has 0 unspecified atom stereocenters. The Kier molecular flexibility index (Phi) is 4.97. The van der Waals surface area contributed by atoms with Crippen molar-refractivity contribution in [1.29, 1.82) is 0 Å². The molecule has 1 atom stereocenters. The summed E-state index contributed by atoms with van der Waals surface area (Å²) in [6.07, 6.45) is -0.782. The second kappa shape index (κ2) is 7.34. The highest BCUT2D eigenvalue weighted by molar-refractivity contribution is 5.76. The first kappa shape index (κ1) is 17.0. The SMILES string of the molecule is COc1cc(C)c(COC(=O)[C@H]2COc3ccccc3O2)cc1OC. The van der Waals surface area contributed by atoms with Gasteiger partial charge in [0, 0.05) is 0 Å². The molecule has 0 amide bonds. The smallest absolute Gasteiger partial charge is 0.351 e. The number of benzene rings is 2. The summed E-state index contributed by atoms with van der Waals surface area (Å²) in [5.41, 5.74) is 1.78. The van der Waals surface area contributed by atoms with Gasteiger partial charge in [-0.2, -0.15) is 0 Å². The van der Waals surface area contributed by atoms with Crippen LogP contribution in [0.2, 0.25) is 0 Å². The van der Waals surface area contributed by atoms with E-state index < -0.39 is 12.1 Å². The van der Waals surface area contributed by atoms with E-state index in [1.165, 1.54) is 0 Å². The quantitative estimate of drug-likeness (QED) is 0.777. The highest BCUT2D eigenvalue weighted by Crippen LogP contribution is 2.32. The molecule has 0 aromatic heterocycles. The van der Waals surface area contributed by atoms with E-state index in [0.717, 1.165) is 11.1 Å². The summed E-state index contributed by atoms with van der Waals surface area (Å²) in [7, 11) is 3.14. The molecule has 1 aliphatic heterocycles. The number of methoxy groups -OCH3 is 2. The van der Waals surface area contributed by atoms with Crippen LogP contribution in [0.5, 0.6) is 23.0 Å². The van der Waals surface area contributed by atoms with Crippen LogP contribution in [-0.4, -0.2) is 32.9 Å². The zero-order chi connectivity index (χ0) is 17.8. The topological polar surface area (TPSA) is 63.2 Å². The average Bonchev–Trinajstić information content (AvgIpc) is 2.66. The number of carbonyl (C=O) groups excluding carboxylic acids is 1. The Balaban J connectivity index is 1.65. The lowest BCUT2D eigenvalue weighted by molar-refractivity contribution is -0.155. The maximum atomic E-state index is 12.3. The van der Waals surface area contributed by atoms with Crippen molar-refractivity contribution in [2.45, 2.75) is 19.6 Å². The molecule has 1 aliphatic rings. The van der Waals surface area contributed by atoms with E-state index in [0.29, 0.717) is 23.0 Å². The number of aryl methyl sites for hydroxylation is 1. The average molecular weight is 344 g/mol. The zero-order valence-electron chi connectivity index (χ0n) is 14.4. The monoisotopic (exact) mass is 344 g/mol. The van der Waals surface area contributed by atoms with E-state index in [9.17, 15) is 4.79 Å². The fourth-order valence-corrected chi connectivity index (χ4v) is 2.56. The molecule has 0 radical (unpaired) electrons. The molecule has 0 saturated carbocycles. The molecule has 0 fully saturated rings. The molecule has 2 aromatic carbocycles. The predicted molar refractivity (Wildman–Crippen MR) is 90.4 cm³/mol. The van der Waals surface area contributed by atoms with Crippen LogP contribution in [0.25, 0.3) is 0 Å². The van der Waals surface area contributed by atoms with E-state index in [2.05, 4.69) is 0 Å². The molecule has 6 heteroatoms. The molecule has 132 valence electrons. The van der Waals surface area contributed by atoms with Gasteiger partial charge in [-0.1, -0.05) is 12.1 Å². The number of esters is 1. The van der Waals surface area contributed by atoms with Crippen LogP contribution in [-0.2, 0) is 16.1 Å². The first-order valence-electron chi connectivity index (χ1n) is 7.89. The molecule has 2 aromatic rings. The van der Waals surface area contributed by atoms with E-state index >= 15 is 0 Å². The van der Waals surface area contributed by atoms with Gasteiger partial charge in [0.1, 0.15) is 13.2 Å². The number of ether oxygens (including phenoxy) is 5. The minimum atomic E-state index is -0.782. The Labute approximate surface area is 146 Å². The molecule has 3 rings (SSSR count). The zero-order valence-corrected chi connectivity index (χ0v) is 14.4. The van der Waals surface area contributed by atoms with Crippen LogP contribution in [0.3, 0.4) is 0 Å². The number of rotatable bonds is 5. The third kappa shape index (κ3) is 3.63. The van der Waals surface area contributed by atoms with Gasteiger partial charge in [-0.25, -0.2) is 4.79 Å². The van der Waals surface area contributed by atoms with Crippen molar-refractivity contribution in [3.63, 3.8) is 0 Å². The van der Waals surface area contributed by atoms with E-state index in [4.69, 9.17) is 23.7 Å². The molecule has 1 heterocycles. The van der Waals surface area contributed by atoms with Gasteiger partial charge in [0.2, 0.25) is 6.10 Å². The Bertz CT molecular complexity index is 771. The minimum Gasteiger partial charge on any atom is -0.493 e. The molecular weight excluding hydrogens is 324 g/mol. The molecule has 25 heavy (non-hydrogen) atoms. The number of carbonyl (C=O) groups is 1. The Morgan fingerprint density at radius 3 is 2.52 bits per heavy atom. The molecule has 0 spiro atoms. The van der Waals surface area contributed by atoms with Gasteiger partial charge < -0.3 is 23.7 Å². The summed E-state index contributed by atoms with van der Waals surface area (Å²) >= 11 is 0. The summed E-state index contributed by atoms with van der Waals surface area (Å²) in [5.74, 6) is 1.92. The van der Waals surface area contributed by atoms with Gasteiger partial charge in [0.05, 0.1) is 14.2 Å². The third-order valence-electron chi connectivity index (χ3n) is 3.98. The minimum absolute atomic E-state index is 0.118. The van der Waals surface area contributed by atoms with Crippen molar-refractivity contribution >= 4 is 5.97 Å². The number of fused-ring (bicyclic) bond motifs is 1. The lowest BCUT2D eigenvalue weighted by Gasteiger charge is -2.25. The predicted octanol–water partition coefficient (Wildman–Crippen LogP) is 2.90. The largest absolute Gasteiger partial charge is 0.493 e. The molecule has 6 nitrogen and oxygen atoms in total. The van der Waals surface area contributed by atoms with Crippen LogP contribution in [0.15, 0.2) is 36.4 Å². The Morgan fingerprint density at radius 1 is 1.12 bits per heavy atom. The van der Waals surface area contributed by atoms with Crippen LogP contribution in [0.4, 0.5) is 0 Å². The van der Waals surface area contributed by atoms with Crippen molar-refractivity contribution in [2.75, 3.05) is 20.8 Å². The van der Waals surface area contributed by atoms with Crippen LogP contribution in [0, 0.1) is 6.92 Å². The lowest BCUT2D eigenvalue weighted by Crippen LogP contribution is -2.37. The maximum Gasteiger partial charge on any atom is 0.351 e. The third-order valence-corrected chi connectivity index (χ3v) is 3.98. The highest BCUT2D eigenvalue weighted by Gasteiger charge is 2.28. The normalized spacial score (nSPS) is 15.4. The summed E-state index contributed by atoms with van der Waals surface area (Å²) in [4.78, 5) is 12.3. The summed E-state index contributed by atoms with van der Waals surface area (Å²) < 4.78 is 27.1. The van der Waals surface area contributed by atoms with E-state index in [-0.39, 0.29) is 13.2 Å². The van der Waals surface area contributed by atoms with Crippen molar-refractivity contribution in [3.8, 4) is 23.0 Å². The number of para-hydroxylation sites is 2. The van der Waals surface area contributed by atoms with Gasteiger partial charge in [0.15, 0.2) is 23.0 Å². The summed E-state index contributed by atoms with van der Waals surface area (Å²) in [6.45, 7) is 2.16. The Morgan fingerprint density at radius 2 is 1.80 bits per heavy atom. The highest BCUT2D eigenvalue weighted by atomic mass is 16.6. The standard InChI is InChI=1S/C19H20O6/c1-12-8-16(21-2)17(22-3)9-13(12)10-24-19(20)18-11-23-14-6-4-5-7-15(14)25-18/h4-9,18H,10-11H2,1-3H3/t18-/m1/s1. The number of hydrogen-bond donors (Lipinski definition) is 0. The second-order valence-corrected chi connectivity index (χ2v) is 5.61. The van der Waals surface area contributed by atoms with E-state index in [1.54, 1.807) is 32.4 Å². The van der Waals surface area contributed by atoms with Crippen LogP contribution >= 0.6 is 0 Å². The van der Waals surface area contributed by atoms with Gasteiger partial charge in [-0.05, 0) is 42.3 Å². The van der Waals surface area contributed by atoms with Crippen LogP contribution < -0.4 is 18.9 Å². The summed E-state index contributed by atoms with van der Waals surface area (Å²) in [6, 6.07) is 10.9. The van der Waals surface area contributed by atoms with Gasteiger partial charge in [-0.3, -0.25) is 0 Å².